The van der Waals surface area contributed by atoms with Gasteiger partial charge in [-0.2, -0.15) is 0 Å². The molecule has 6 unspecified atom stereocenters. The van der Waals surface area contributed by atoms with Gasteiger partial charge in [0.1, 0.15) is 11.2 Å². The monoisotopic (exact) mass is 294 g/mol. The zero-order valence-corrected chi connectivity index (χ0v) is 12.5. The lowest BCUT2D eigenvalue weighted by Crippen LogP contribution is -2.59. The van der Waals surface area contributed by atoms with Crippen molar-refractivity contribution in [2.75, 3.05) is 0 Å². The van der Waals surface area contributed by atoms with Crippen molar-refractivity contribution in [3.05, 3.63) is 48.6 Å². The molecule has 0 radical (unpaired) electrons. The molecule has 0 aliphatic heterocycles. The summed E-state index contributed by atoms with van der Waals surface area (Å²) in [7, 11) is 0. The van der Waals surface area contributed by atoms with E-state index in [9.17, 15) is 10.2 Å². The zero-order chi connectivity index (χ0) is 14.7. The summed E-state index contributed by atoms with van der Waals surface area (Å²) in [5, 5.41) is 23.4. The Labute approximate surface area is 130 Å². The van der Waals surface area contributed by atoms with Crippen LogP contribution >= 0.6 is 0 Å². The molecule has 2 heteroatoms. The Morgan fingerprint density at radius 3 is 1.45 bits per heavy atom. The van der Waals surface area contributed by atoms with Gasteiger partial charge in [0.25, 0.3) is 0 Å². The highest BCUT2D eigenvalue weighted by Gasteiger charge is 2.70. The van der Waals surface area contributed by atoms with E-state index >= 15 is 0 Å². The van der Waals surface area contributed by atoms with E-state index in [4.69, 9.17) is 0 Å². The minimum absolute atomic E-state index is 0.123. The van der Waals surface area contributed by atoms with Gasteiger partial charge in [-0.05, 0) is 48.3 Å². The molecule has 2 saturated carbocycles. The lowest BCUT2D eigenvalue weighted by atomic mass is 9.68. The molecule has 114 valence electrons. The summed E-state index contributed by atoms with van der Waals surface area (Å²) in [6.07, 6.45) is 19.5. The molecule has 0 aromatic carbocycles. The molecule has 0 saturated heterocycles. The standard InChI is InChI=1S/C20H22O2/c21-19(9-13-3-1-11-5-7-15(19)17(11)13)20(22)10-14-4-2-12-6-8-16(20)18(12)14/h1-8,11-18,21-22H,9-10H2/t11?,12?,13?,14?,15?,16?,17-,18+,19+,20-. The Bertz CT molecular complexity index is 615. The zero-order valence-electron chi connectivity index (χ0n) is 12.5. The second-order valence-corrected chi connectivity index (χ2v) is 8.49. The Balaban J connectivity index is 1.47. The number of hydrogen-bond acceptors (Lipinski definition) is 2. The van der Waals surface area contributed by atoms with Crippen molar-refractivity contribution in [1.29, 1.82) is 0 Å². The van der Waals surface area contributed by atoms with Crippen molar-refractivity contribution < 1.29 is 10.2 Å². The van der Waals surface area contributed by atoms with Crippen LogP contribution in [-0.2, 0) is 0 Å². The summed E-state index contributed by atoms with van der Waals surface area (Å²) in [5.41, 5.74) is -1.92. The van der Waals surface area contributed by atoms with Gasteiger partial charge in [0.2, 0.25) is 0 Å². The molecule has 2 N–H and O–H groups in total. The van der Waals surface area contributed by atoms with E-state index in [1.54, 1.807) is 0 Å². The molecule has 10 atom stereocenters. The molecule has 6 aliphatic carbocycles. The third-order valence-electron chi connectivity index (χ3n) is 7.90. The average Bonchev–Trinajstić information content (AvgIpc) is 3.24. The summed E-state index contributed by atoms with van der Waals surface area (Å²) in [6.45, 7) is 0. The first kappa shape index (κ1) is 12.3. The molecule has 22 heavy (non-hydrogen) atoms. The molecule has 6 rings (SSSR count). The van der Waals surface area contributed by atoms with Gasteiger partial charge in [-0.3, -0.25) is 0 Å². The lowest BCUT2D eigenvalue weighted by molar-refractivity contribution is -0.180. The van der Waals surface area contributed by atoms with Crippen LogP contribution in [-0.4, -0.2) is 21.4 Å². The first-order valence-electron chi connectivity index (χ1n) is 8.80. The molecule has 0 aromatic heterocycles. The molecular weight excluding hydrogens is 272 g/mol. The Kier molecular flexibility index (Phi) is 1.97. The SMILES string of the molecule is O[C@]1([C@]2(O)CC3C=CC4C=CC2[C@H]43)CC2C=CC3C=CC1[C@@H]32. The number of hydrogen-bond donors (Lipinski definition) is 2. The maximum absolute atomic E-state index is 11.7. The van der Waals surface area contributed by atoms with Crippen LogP contribution < -0.4 is 0 Å². The fourth-order valence-corrected chi connectivity index (χ4v) is 7.06. The molecule has 0 spiro atoms. The van der Waals surface area contributed by atoms with Gasteiger partial charge >= 0.3 is 0 Å². The Morgan fingerprint density at radius 2 is 1.00 bits per heavy atom. The van der Waals surface area contributed by atoms with Gasteiger partial charge < -0.3 is 10.2 Å². The number of allylic oxidation sites excluding steroid dienone is 6. The van der Waals surface area contributed by atoms with Crippen LogP contribution in [0.5, 0.6) is 0 Å². The van der Waals surface area contributed by atoms with Crippen LogP contribution in [0, 0.1) is 47.3 Å². The van der Waals surface area contributed by atoms with Gasteiger partial charge in [-0.25, -0.2) is 0 Å². The second kappa shape index (κ2) is 3.52. The summed E-state index contributed by atoms with van der Waals surface area (Å²) >= 11 is 0. The topological polar surface area (TPSA) is 40.5 Å². The predicted octanol–water partition coefficient (Wildman–Crippen LogP) is 2.46. The first-order chi connectivity index (χ1) is 10.6. The highest BCUT2D eigenvalue weighted by atomic mass is 16.4. The predicted molar refractivity (Wildman–Crippen MR) is 83.6 cm³/mol. The van der Waals surface area contributed by atoms with E-state index in [1.165, 1.54) is 0 Å². The van der Waals surface area contributed by atoms with Crippen molar-refractivity contribution in [2.24, 2.45) is 47.3 Å². The molecule has 0 aromatic rings. The van der Waals surface area contributed by atoms with Crippen LogP contribution in [0.2, 0.25) is 0 Å². The third kappa shape index (κ3) is 1.11. The average molecular weight is 294 g/mol. The molecule has 2 fully saturated rings. The molecular formula is C20H22O2. The van der Waals surface area contributed by atoms with E-state index < -0.39 is 11.2 Å². The van der Waals surface area contributed by atoms with Gasteiger partial charge in [-0.1, -0.05) is 48.6 Å². The van der Waals surface area contributed by atoms with Gasteiger partial charge in [0.15, 0.2) is 0 Å². The van der Waals surface area contributed by atoms with Crippen molar-refractivity contribution >= 4 is 0 Å². The molecule has 0 heterocycles. The van der Waals surface area contributed by atoms with Crippen LogP contribution in [0.3, 0.4) is 0 Å². The van der Waals surface area contributed by atoms with Gasteiger partial charge in [-0.15, -0.1) is 0 Å². The van der Waals surface area contributed by atoms with E-state index in [0.717, 1.165) is 12.8 Å². The summed E-state index contributed by atoms with van der Waals surface area (Å²) < 4.78 is 0. The minimum atomic E-state index is -0.958. The van der Waals surface area contributed by atoms with Crippen molar-refractivity contribution in [3.8, 4) is 0 Å². The fraction of sp³-hybridized carbons (Fsp3) is 0.600. The fourth-order valence-electron chi connectivity index (χ4n) is 7.06. The molecule has 0 amide bonds. The normalized spacial score (nSPS) is 65.0. The van der Waals surface area contributed by atoms with E-state index in [2.05, 4.69) is 48.6 Å². The molecule has 6 aliphatic rings. The number of aliphatic hydroxyl groups is 2. The molecule has 2 nitrogen and oxygen atoms in total. The van der Waals surface area contributed by atoms with Crippen LogP contribution in [0.4, 0.5) is 0 Å². The summed E-state index contributed by atoms with van der Waals surface area (Å²) in [5.74, 6) is 3.08. The van der Waals surface area contributed by atoms with Gasteiger partial charge in [0, 0.05) is 11.8 Å². The summed E-state index contributed by atoms with van der Waals surface area (Å²) in [4.78, 5) is 0. The highest BCUT2D eigenvalue weighted by Crippen LogP contribution is 2.66. The minimum Gasteiger partial charge on any atom is -0.386 e. The highest BCUT2D eigenvalue weighted by molar-refractivity contribution is 5.37. The Hall–Kier alpha value is -1.12. The van der Waals surface area contributed by atoms with Crippen LogP contribution in [0.15, 0.2) is 48.6 Å². The smallest absolute Gasteiger partial charge is 0.101 e. The third-order valence-corrected chi connectivity index (χ3v) is 7.90. The quantitative estimate of drug-likeness (QED) is 0.729. The van der Waals surface area contributed by atoms with E-state index in [0.29, 0.717) is 35.5 Å². The molecule has 0 bridgehead atoms. The second-order valence-electron chi connectivity index (χ2n) is 8.49. The van der Waals surface area contributed by atoms with Crippen LogP contribution in [0.25, 0.3) is 0 Å². The van der Waals surface area contributed by atoms with Crippen molar-refractivity contribution in [1.82, 2.24) is 0 Å². The Morgan fingerprint density at radius 1 is 0.591 bits per heavy atom. The van der Waals surface area contributed by atoms with Crippen molar-refractivity contribution in [2.45, 2.75) is 24.0 Å². The van der Waals surface area contributed by atoms with Crippen molar-refractivity contribution in [3.63, 3.8) is 0 Å². The summed E-state index contributed by atoms with van der Waals surface area (Å²) in [6, 6.07) is 0. The number of rotatable bonds is 1. The lowest BCUT2D eigenvalue weighted by Gasteiger charge is -2.45. The van der Waals surface area contributed by atoms with Crippen LogP contribution in [0.1, 0.15) is 12.8 Å². The largest absolute Gasteiger partial charge is 0.386 e. The first-order valence-corrected chi connectivity index (χ1v) is 8.80. The maximum atomic E-state index is 11.7. The van der Waals surface area contributed by atoms with E-state index in [-0.39, 0.29) is 11.8 Å². The maximum Gasteiger partial charge on any atom is 0.101 e. The van der Waals surface area contributed by atoms with Gasteiger partial charge in [0.05, 0.1) is 0 Å². The van der Waals surface area contributed by atoms with E-state index in [1.807, 2.05) is 0 Å².